The highest BCUT2D eigenvalue weighted by Crippen LogP contribution is 2.14. The summed E-state index contributed by atoms with van der Waals surface area (Å²) < 4.78 is 9.24. The Labute approximate surface area is 134 Å². The van der Waals surface area contributed by atoms with Crippen LogP contribution in [-0.2, 0) is 22.6 Å². The third-order valence-corrected chi connectivity index (χ3v) is 3.59. The Morgan fingerprint density at radius 3 is 2.91 bits per heavy atom. The maximum atomic E-state index is 12.0. The van der Waals surface area contributed by atoms with Gasteiger partial charge in [-0.15, -0.1) is 0 Å². The van der Waals surface area contributed by atoms with Crippen molar-refractivity contribution >= 4 is 16.8 Å². The van der Waals surface area contributed by atoms with Crippen LogP contribution in [0.25, 0.3) is 10.9 Å². The van der Waals surface area contributed by atoms with Crippen LogP contribution in [0.2, 0.25) is 0 Å². The molecule has 1 aromatic carbocycles. The number of carbonyl (C=O) groups is 1. The van der Waals surface area contributed by atoms with Crippen molar-refractivity contribution in [1.82, 2.24) is 19.7 Å². The first-order valence-corrected chi connectivity index (χ1v) is 7.69. The lowest BCUT2D eigenvalue weighted by Crippen LogP contribution is -2.30. The van der Waals surface area contributed by atoms with Gasteiger partial charge in [-0.3, -0.25) is 9.48 Å². The maximum absolute atomic E-state index is 12.0. The van der Waals surface area contributed by atoms with Gasteiger partial charge in [0.25, 0.3) is 0 Å². The zero-order valence-electron chi connectivity index (χ0n) is 12.9. The normalized spacial score (nSPS) is 11.0. The number of nitrogens with zero attached hydrogens (tertiary/aromatic N) is 3. The third kappa shape index (κ3) is 4.20. The fourth-order valence-electron chi connectivity index (χ4n) is 2.44. The summed E-state index contributed by atoms with van der Waals surface area (Å²) in [4.78, 5) is 12.0. The highest BCUT2D eigenvalue weighted by atomic mass is 16.5. The minimum Gasteiger partial charge on any atom is -0.378 e. The Kier molecular flexibility index (Phi) is 5.06. The number of nitrogens with one attached hydrogen (secondary N) is 1. The van der Waals surface area contributed by atoms with E-state index in [1.54, 1.807) is 6.20 Å². The summed E-state index contributed by atoms with van der Waals surface area (Å²) in [7, 11) is 0. The molecule has 0 saturated heterocycles. The van der Waals surface area contributed by atoms with Crippen LogP contribution in [-0.4, -0.2) is 40.0 Å². The summed E-state index contributed by atoms with van der Waals surface area (Å²) in [5.41, 5.74) is 1.07. The van der Waals surface area contributed by atoms with Crippen LogP contribution < -0.4 is 5.32 Å². The highest BCUT2D eigenvalue weighted by Gasteiger charge is 2.05. The quantitative estimate of drug-likeness (QED) is 0.644. The van der Waals surface area contributed by atoms with Crippen molar-refractivity contribution in [3.05, 3.63) is 55.0 Å². The van der Waals surface area contributed by atoms with Crippen LogP contribution in [0.3, 0.4) is 0 Å². The standard InChI is InChI=1S/C17H20N4O2/c22-17(14-20-10-6-15-4-1-2-5-16(15)20)18-8-12-23-13-11-21-9-3-7-19-21/h1-7,9-10H,8,11-14H2,(H,18,22). The first-order chi connectivity index (χ1) is 11.3. The van der Waals surface area contributed by atoms with Crippen molar-refractivity contribution < 1.29 is 9.53 Å². The van der Waals surface area contributed by atoms with E-state index in [0.29, 0.717) is 26.3 Å². The minimum absolute atomic E-state index is 0.0120. The fourth-order valence-corrected chi connectivity index (χ4v) is 2.44. The molecule has 1 amide bonds. The van der Waals surface area contributed by atoms with Crippen molar-refractivity contribution in [1.29, 1.82) is 0 Å². The summed E-state index contributed by atoms with van der Waals surface area (Å²) in [5, 5.41) is 8.11. The van der Waals surface area contributed by atoms with Gasteiger partial charge < -0.3 is 14.6 Å². The van der Waals surface area contributed by atoms with Crippen LogP contribution in [0.15, 0.2) is 55.0 Å². The van der Waals surface area contributed by atoms with E-state index in [0.717, 1.165) is 17.4 Å². The molecule has 0 spiro atoms. The van der Waals surface area contributed by atoms with E-state index < -0.39 is 0 Å². The minimum atomic E-state index is -0.0120. The maximum Gasteiger partial charge on any atom is 0.240 e. The topological polar surface area (TPSA) is 61.1 Å². The second-order valence-corrected chi connectivity index (χ2v) is 5.23. The van der Waals surface area contributed by atoms with Gasteiger partial charge in [0.2, 0.25) is 5.91 Å². The Hall–Kier alpha value is -2.60. The molecule has 0 unspecified atom stereocenters. The number of fused-ring (bicyclic) bond motifs is 1. The van der Waals surface area contributed by atoms with Gasteiger partial charge >= 0.3 is 0 Å². The van der Waals surface area contributed by atoms with Crippen molar-refractivity contribution in [2.75, 3.05) is 19.8 Å². The lowest BCUT2D eigenvalue weighted by molar-refractivity contribution is -0.121. The fraction of sp³-hybridized carbons (Fsp3) is 0.294. The summed E-state index contributed by atoms with van der Waals surface area (Å²) in [5.74, 6) is -0.0120. The molecule has 0 fully saturated rings. The average Bonchev–Trinajstić information content (AvgIpc) is 3.21. The van der Waals surface area contributed by atoms with E-state index >= 15 is 0 Å². The van der Waals surface area contributed by atoms with E-state index in [-0.39, 0.29) is 5.91 Å². The SMILES string of the molecule is O=C(Cn1ccc2ccccc21)NCCOCCn1cccn1. The molecular formula is C17H20N4O2. The molecule has 0 bridgehead atoms. The Bertz CT molecular complexity index is 749. The lowest BCUT2D eigenvalue weighted by Gasteiger charge is -2.08. The van der Waals surface area contributed by atoms with Crippen LogP contribution in [0, 0.1) is 0 Å². The zero-order chi connectivity index (χ0) is 15.9. The van der Waals surface area contributed by atoms with Crippen LogP contribution in [0.4, 0.5) is 0 Å². The van der Waals surface area contributed by atoms with Gasteiger partial charge in [-0.05, 0) is 23.6 Å². The molecule has 2 heterocycles. The second-order valence-electron chi connectivity index (χ2n) is 5.23. The predicted molar refractivity (Wildman–Crippen MR) is 88.0 cm³/mol. The molecule has 0 aliphatic heterocycles. The van der Waals surface area contributed by atoms with Gasteiger partial charge in [-0.25, -0.2) is 0 Å². The number of ether oxygens (including phenoxy) is 1. The zero-order valence-corrected chi connectivity index (χ0v) is 12.9. The molecule has 120 valence electrons. The van der Waals surface area contributed by atoms with Crippen LogP contribution >= 0.6 is 0 Å². The van der Waals surface area contributed by atoms with E-state index in [9.17, 15) is 4.79 Å². The number of amides is 1. The molecule has 0 aliphatic rings. The van der Waals surface area contributed by atoms with Crippen molar-refractivity contribution in [3.8, 4) is 0 Å². The monoisotopic (exact) mass is 312 g/mol. The molecule has 1 N–H and O–H groups in total. The van der Waals surface area contributed by atoms with E-state index in [1.807, 2.05) is 58.0 Å². The predicted octanol–water partition coefficient (Wildman–Crippen LogP) is 1.67. The van der Waals surface area contributed by atoms with Crippen molar-refractivity contribution in [3.63, 3.8) is 0 Å². The largest absolute Gasteiger partial charge is 0.378 e. The van der Waals surface area contributed by atoms with Gasteiger partial charge in [0.1, 0.15) is 6.54 Å². The number of rotatable bonds is 8. The van der Waals surface area contributed by atoms with E-state index in [1.165, 1.54) is 0 Å². The molecule has 0 aliphatic carbocycles. The molecule has 23 heavy (non-hydrogen) atoms. The van der Waals surface area contributed by atoms with E-state index in [4.69, 9.17) is 4.74 Å². The number of benzene rings is 1. The lowest BCUT2D eigenvalue weighted by atomic mass is 10.2. The molecule has 2 aromatic heterocycles. The molecule has 0 saturated carbocycles. The summed E-state index contributed by atoms with van der Waals surface area (Å²) >= 11 is 0. The summed E-state index contributed by atoms with van der Waals surface area (Å²) in [6, 6.07) is 11.9. The Morgan fingerprint density at radius 1 is 1.13 bits per heavy atom. The molecule has 0 radical (unpaired) electrons. The summed E-state index contributed by atoms with van der Waals surface area (Å²) in [6.07, 6.45) is 5.57. The number of aromatic nitrogens is 3. The number of hydrogen-bond donors (Lipinski definition) is 1. The Balaban J connectivity index is 1.35. The van der Waals surface area contributed by atoms with Gasteiger partial charge in [0.15, 0.2) is 0 Å². The van der Waals surface area contributed by atoms with Gasteiger partial charge in [0.05, 0.1) is 19.8 Å². The van der Waals surface area contributed by atoms with Crippen LogP contribution in [0.5, 0.6) is 0 Å². The third-order valence-electron chi connectivity index (χ3n) is 3.59. The van der Waals surface area contributed by atoms with Crippen LogP contribution in [0.1, 0.15) is 0 Å². The first kappa shape index (κ1) is 15.3. The van der Waals surface area contributed by atoms with Crippen molar-refractivity contribution in [2.24, 2.45) is 0 Å². The number of carbonyl (C=O) groups excluding carboxylic acids is 1. The average molecular weight is 312 g/mol. The summed E-state index contributed by atoms with van der Waals surface area (Å²) in [6.45, 7) is 2.63. The van der Waals surface area contributed by atoms with Gasteiger partial charge in [0, 0.05) is 30.7 Å². The molecule has 3 rings (SSSR count). The number of hydrogen-bond acceptors (Lipinski definition) is 3. The molecule has 3 aromatic rings. The van der Waals surface area contributed by atoms with Gasteiger partial charge in [-0.2, -0.15) is 5.10 Å². The number of para-hydroxylation sites is 1. The molecular weight excluding hydrogens is 292 g/mol. The Morgan fingerprint density at radius 2 is 2.04 bits per heavy atom. The van der Waals surface area contributed by atoms with Crippen molar-refractivity contribution in [2.45, 2.75) is 13.1 Å². The first-order valence-electron chi connectivity index (χ1n) is 7.69. The highest BCUT2D eigenvalue weighted by molar-refractivity contribution is 5.83. The molecule has 6 nitrogen and oxygen atoms in total. The second kappa shape index (κ2) is 7.60. The molecule has 0 atom stereocenters. The smallest absolute Gasteiger partial charge is 0.240 e. The van der Waals surface area contributed by atoms with E-state index in [2.05, 4.69) is 10.4 Å². The molecule has 6 heteroatoms. The van der Waals surface area contributed by atoms with Gasteiger partial charge in [-0.1, -0.05) is 18.2 Å².